The van der Waals surface area contributed by atoms with Crippen LogP contribution in [0.4, 0.5) is 4.39 Å². The molecule has 3 heteroatoms. The number of carbonyl (C=O) groups is 1. The maximum absolute atomic E-state index is 13.3. The molecule has 0 spiro atoms. The number of hydrogen-bond acceptors (Lipinski definition) is 1. The number of benzene rings is 1. The molecular weight excluding hydrogens is 295 g/mol. The summed E-state index contributed by atoms with van der Waals surface area (Å²) in [5.74, 6) is -0.110. The predicted molar refractivity (Wildman–Crippen MR) is 76.2 cm³/mol. The summed E-state index contributed by atoms with van der Waals surface area (Å²) in [5, 5.41) is 0. The zero-order chi connectivity index (χ0) is 13.4. The summed E-state index contributed by atoms with van der Waals surface area (Å²) in [7, 11) is 0. The topological polar surface area (TPSA) is 17.1 Å². The van der Waals surface area contributed by atoms with Gasteiger partial charge in [-0.1, -0.05) is 44.7 Å². The molecule has 1 aromatic carbocycles. The monoisotopic (exact) mass is 314 g/mol. The molecule has 0 saturated heterocycles. The molecule has 0 amide bonds. The van der Waals surface area contributed by atoms with Crippen LogP contribution in [-0.2, 0) is 11.2 Å². The van der Waals surface area contributed by atoms with Crippen LogP contribution in [0.1, 0.15) is 51.0 Å². The average molecular weight is 315 g/mol. The summed E-state index contributed by atoms with van der Waals surface area (Å²) >= 11 is 3.18. The number of Topliss-reactive ketones (excluding diaryl/α,β-unsaturated/α-hetero) is 1. The van der Waals surface area contributed by atoms with Gasteiger partial charge in [-0.15, -0.1) is 0 Å². The third kappa shape index (κ3) is 5.30. The van der Waals surface area contributed by atoms with E-state index < -0.39 is 0 Å². The van der Waals surface area contributed by atoms with Gasteiger partial charge in [0, 0.05) is 12.8 Å². The number of carbonyl (C=O) groups excluding carboxylic acids is 1. The van der Waals surface area contributed by atoms with Crippen LogP contribution in [0.15, 0.2) is 22.7 Å². The number of ketones is 1. The normalized spacial score (nSPS) is 10.6. The van der Waals surface area contributed by atoms with Gasteiger partial charge in [0.25, 0.3) is 0 Å². The van der Waals surface area contributed by atoms with E-state index >= 15 is 0 Å². The lowest BCUT2D eigenvalue weighted by atomic mass is 10.0. The first-order valence-electron chi connectivity index (χ1n) is 6.59. The molecule has 0 aliphatic heterocycles. The molecule has 0 atom stereocenters. The van der Waals surface area contributed by atoms with Gasteiger partial charge in [0.1, 0.15) is 11.6 Å². The lowest BCUT2D eigenvalue weighted by Gasteiger charge is -2.05. The molecule has 0 saturated carbocycles. The fourth-order valence-electron chi connectivity index (χ4n) is 1.91. The smallest absolute Gasteiger partial charge is 0.137 e. The molecule has 1 rings (SSSR count). The van der Waals surface area contributed by atoms with Gasteiger partial charge in [-0.25, -0.2) is 4.39 Å². The molecule has 100 valence electrons. The zero-order valence-corrected chi connectivity index (χ0v) is 12.4. The Balaban J connectivity index is 2.34. The number of rotatable bonds is 8. The second-order valence-electron chi connectivity index (χ2n) is 4.59. The molecule has 0 aliphatic rings. The van der Waals surface area contributed by atoms with Gasteiger partial charge >= 0.3 is 0 Å². The highest BCUT2D eigenvalue weighted by Crippen LogP contribution is 2.21. The van der Waals surface area contributed by atoms with Gasteiger partial charge in [-0.05, 0) is 34.0 Å². The Hall–Kier alpha value is -0.700. The fraction of sp³-hybridized carbons (Fsp3) is 0.533. The Morgan fingerprint density at radius 1 is 1.22 bits per heavy atom. The third-order valence-corrected chi connectivity index (χ3v) is 3.87. The van der Waals surface area contributed by atoms with Crippen molar-refractivity contribution in [3.63, 3.8) is 0 Å². The SMILES string of the molecule is CCCCCCCC(=O)Cc1cccc(F)c1Br. The summed E-state index contributed by atoms with van der Waals surface area (Å²) in [6.45, 7) is 2.17. The average Bonchev–Trinajstić information content (AvgIpc) is 2.35. The molecule has 0 aliphatic carbocycles. The van der Waals surface area contributed by atoms with Crippen molar-refractivity contribution >= 4 is 21.7 Å². The minimum absolute atomic E-state index is 0.192. The third-order valence-electron chi connectivity index (χ3n) is 2.98. The Labute approximate surface area is 117 Å². The molecule has 0 unspecified atom stereocenters. The summed E-state index contributed by atoms with van der Waals surface area (Å²) in [4.78, 5) is 11.8. The van der Waals surface area contributed by atoms with Gasteiger partial charge in [-0.3, -0.25) is 4.79 Å². The van der Waals surface area contributed by atoms with Crippen molar-refractivity contribution in [1.82, 2.24) is 0 Å². The molecule has 0 bridgehead atoms. The number of halogens is 2. The number of hydrogen-bond donors (Lipinski definition) is 0. The highest BCUT2D eigenvalue weighted by Gasteiger charge is 2.09. The van der Waals surface area contributed by atoms with Gasteiger partial charge in [0.2, 0.25) is 0 Å². The Morgan fingerprint density at radius 2 is 1.94 bits per heavy atom. The van der Waals surface area contributed by atoms with Crippen LogP contribution in [0.2, 0.25) is 0 Å². The van der Waals surface area contributed by atoms with Crippen LogP contribution in [0, 0.1) is 5.82 Å². The Morgan fingerprint density at radius 3 is 2.67 bits per heavy atom. The second kappa shape index (κ2) is 8.41. The van der Waals surface area contributed by atoms with Crippen LogP contribution in [-0.4, -0.2) is 5.78 Å². The van der Waals surface area contributed by atoms with E-state index in [1.54, 1.807) is 12.1 Å². The van der Waals surface area contributed by atoms with Crippen LogP contribution in [0.5, 0.6) is 0 Å². The summed E-state index contributed by atoms with van der Waals surface area (Å²) < 4.78 is 13.7. The molecule has 1 aromatic rings. The molecular formula is C15H20BrFO. The van der Waals surface area contributed by atoms with Crippen molar-refractivity contribution in [2.75, 3.05) is 0 Å². The van der Waals surface area contributed by atoms with Crippen molar-refractivity contribution in [2.24, 2.45) is 0 Å². The van der Waals surface area contributed by atoms with E-state index in [-0.39, 0.29) is 11.6 Å². The molecule has 18 heavy (non-hydrogen) atoms. The summed E-state index contributed by atoms with van der Waals surface area (Å²) in [6.07, 6.45) is 6.65. The maximum Gasteiger partial charge on any atom is 0.137 e. The molecule has 0 aromatic heterocycles. The first-order chi connectivity index (χ1) is 8.65. The maximum atomic E-state index is 13.3. The number of unbranched alkanes of at least 4 members (excludes halogenated alkanes) is 4. The molecule has 0 N–H and O–H groups in total. The lowest BCUT2D eigenvalue weighted by molar-refractivity contribution is -0.118. The molecule has 1 nitrogen and oxygen atoms in total. The van der Waals surface area contributed by atoms with Gasteiger partial charge < -0.3 is 0 Å². The van der Waals surface area contributed by atoms with Crippen LogP contribution in [0.25, 0.3) is 0 Å². The minimum Gasteiger partial charge on any atom is -0.299 e. The van der Waals surface area contributed by atoms with E-state index in [0.717, 1.165) is 18.4 Å². The van der Waals surface area contributed by atoms with E-state index in [4.69, 9.17) is 0 Å². The first kappa shape index (κ1) is 15.4. The largest absolute Gasteiger partial charge is 0.299 e. The summed E-state index contributed by atoms with van der Waals surface area (Å²) in [5.41, 5.74) is 0.744. The van der Waals surface area contributed by atoms with E-state index in [1.807, 2.05) is 0 Å². The first-order valence-corrected chi connectivity index (χ1v) is 7.39. The zero-order valence-electron chi connectivity index (χ0n) is 10.8. The van der Waals surface area contributed by atoms with Gasteiger partial charge in [0.05, 0.1) is 4.47 Å². The van der Waals surface area contributed by atoms with Crippen molar-refractivity contribution in [2.45, 2.75) is 51.9 Å². The van der Waals surface area contributed by atoms with E-state index in [2.05, 4.69) is 22.9 Å². The van der Waals surface area contributed by atoms with Crippen molar-refractivity contribution < 1.29 is 9.18 Å². The van der Waals surface area contributed by atoms with E-state index in [9.17, 15) is 9.18 Å². The van der Waals surface area contributed by atoms with E-state index in [0.29, 0.717) is 17.3 Å². The minimum atomic E-state index is -0.303. The molecule has 0 fully saturated rings. The lowest BCUT2D eigenvalue weighted by Crippen LogP contribution is -2.03. The van der Waals surface area contributed by atoms with E-state index in [1.165, 1.54) is 25.3 Å². The predicted octanol–water partition coefficient (Wildman–Crippen LogP) is 5.06. The standard InChI is InChI=1S/C15H20BrFO/c1-2-3-4-5-6-9-13(18)11-12-8-7-10-14(17)15(12)16/h7-8,10H,2-6,9,11H2,1H3. The summed E-state index contributed by atoms with van der Waals surface area (Å²) in [6, 6.07) is 4.83. The fourth-order valence-corrected chi connectivity index (χ4v) is 2.32. The quantitative estimate of drug-likeness (QED) is 0.613. The second-order valence-corrected chi connectivity index (χ2v) is 5.39. The highest BCUT2D eigenvalue weighted by molar-refractivity contribution is 9.10. The van der Waals surface area contributed by atoms with Gasteiger partial charge in [-0.2, -0.15) is 0 Å². The highest BCUT2D eigenvalue weighted by atomic mass is 79.9. The Bertz CT molecular complexity index is 390. The van der Waals surface area contributed by atoms with Crippen LogP contribution >= 0.6 is 15.9 Å². The van der Waals surface area contributed by atoms with Crippen LogP contribution in [0.3, 0.4) is 0 Å². The molecule has 0 heterocycles. The van der Waals surface area contributed by atoms with Crippen molar-refractivity contribution in [3.05, 3.63) is 34.1 Å². The Kier molecular flexibility index (Phi) is 7.18. The van der Waals surface area contributed by atoms with Gasteiger partial charge in [0.15, 0.2) is 0 Å². The van der Waals surface area contributed by atoms with Crippen molar-refractivity contribution in [3.8, 4) is 0 Å². The molecule has 0 radical (unpaired) electrons. The van der Waals surface area contributed by atoms with Crippen LogP contribution < -0.4 is 0 Å². The van der Waals surface area contributed by atoms with Crippen molar-refractivity contribution in [1.29, 1.82) is 0 Å².